The Morgan fingerprint density at radius 2 is 2.00 bits per heavy atom. The van der Waals surface area contributed by atoms with E-state index in [2.05, 4.69) is 5.32 Å². The number of amides is 1. The van der Waals surface area contributed by atoms with E-state index in [0.29, 0.717) is 42.7 Å². The molecule has 0 aromatic heterocycles. The molecule has 1 aliphatic rings. The van der Waals surface area contributed by atoms with Crippen molar-refractivity contribution in [1.82, 2.24) is 5.32 Å². The van der Waals surface area contributed by atoms with Gasteiger partial charge in [-0.2, -0.15) is 0 Å². The molecule has 2 aromatic carbocycles. The minimum Gasteiger partial charge on any atom is -0.493 e. The van der Waals surface area contributed by atoms with Crippen LogP contribution in [0.1, 0.15) is 29.8 Å². The van der Waals surface area contributed by atoms with Crippen molar-refractivity contribution in [2.45, 2.75) is 20.3 Å². The highest BCUT2D eigenvalue weighted by Gasteiger charge is 2.28. The van der Waals surface area contributed by atoms with E-state index in [4.69, 9.17) is 21.1 Å². The number of methoxy groups -OCH3 is 1. The van der Waals surface area contributed by atoms with E-state index in [0.717, 1.165) is 5.56 Å². The number of nitrogens with one attached hydrogen (secondary N) is 1. The summed E-state index contributed by atoms with van der Waals surface area (Å²) in [6.45, 7) is 4.87. The maximum absolute atomic E-state index is 12.8. The fourth-order valence-corrected chi connectivity index (χ4v) is 5.04. The Morgan fingerprint density at radius 1 is 1.26 bits per heavy atom. The van der Waals surface area contributed by atoms with Crippen LogP contribution in [-0.2, 0) is 16.4 Å². The second-order valence-corrected chi connectivity index (χ2v) is 10.1. The van der Waals surface area contributed by atoms with Crippen LogP contribution < -0.4 is 19.1 Å². The molecule has 31 heavy (non-hydrogen) atoms. The maximum atomic E-state index is 12.8. The third-order valence-electron chi connectivity index (χ3n) is 4.88. The molecule has 0 saturated carbocycles. The molecule has 0 saturated heterocycles. The van der Waals surface area contributed by atoms with Crippen LogP contribution >= 0.6 is 11.6 Å². The number of carbonyl (C=O) groups is 1. The number of nitrogens with zero attached hydrogens (tertiary/aromatic N) is 1. The van der Waals surface area contributed by atoms with Crippen LogP contribution in [0.25, 0.3) is 0 Å². The predicted octanol–water partition coefficient (Wildman–Crippen LogP) is 3.51. The van der Waals surface area contributed by atoms with Crippen LogP contribution in [0, 0.1) is 5.92 Å². The van der Waals surface area contributed by atoms with Gasteiger partial charge in [0.2, 0.25) is 10.0 Å². The minimum absolute atomic E-state index is 0.0225. The predicted molar refractivity (Wildman–Crippen MR) is 122 cm³/mol. The van der Waals surface area contributed by atoms with Crippen LogP contribution in [0.3, 0.4) is 0 Å². The Bertz CT molecular complexity index is 1060. The zero-order valence-electron chi connectivity index (χ0n) is 17.9. The Morgan fingerprint density at radius 3 is 2.71 bits per heavy atom. The number of rotatable bonds is 9. The lowest BCUT2D eigenvalue weighted by Crippen LogP contribution is -2.37. The van der Waals surface area contributed by atoms with Crippen LogP contribution in [0.15, 0.2) is 36.4 Å². The average molecular weight is 467 g/mol. The van der Waals surface area contributed by atoms with Crippen molar-refractivity contribution in [2.24, 2.45) is 5.92 Å². The van der Waals surface area contributed by atoms with Gasteiger partial charge in [0.05, 0.1) is 30.2 Å². The van der Waals surface area contributed by atoms with E-state index >= 15 is 0 Å². The van der Waals surface area contributed by atoms with Crippen molar-refractivity contribution < 1.29 is 22.7 Å². The summed E-state index contributed by atoms with van der Waals surface area (Å²) in [6, 6.07) is 10.5. The fourth-order valence-electron chi connectivity index (χ4n) is 3.34. The molecule has 7 nitrogen and oxygen atoms in total. The molecule has 1 N–H and O–H groups in total. The summed E-state index contributed by atoms with van der Waals surface area (Å²) in [7, 11) is -2.08. The average Bonchev–Trinajstić information content (AvgIpc) is 3.17. The number of hydrogen-bond acceptors (Lipinski definition) is 5. The topological polar surface area (TPSA) is 84.9 Å². The molecule has 9 heteroatoms. The quantitative estimate of drug-likeness (QED) is 0.611. The highest BCUT2D eigenvalue weighted by Crippen LogP contribution is 2.36. The molecule has 0 aliphatic carbocycles. The summed E-state index contributed by atoms with van der Waals surface area (Å²) in [4.78, 5) is 12.6. The Kier molecular flexibility index (Phi) is 7.33. The summed E-state index contributed by atoms with van der Waals surface area (Å²) >= 11 is 6.29. The molecule has 1 heterocycles. The second kappa shape index (κ2) is 9.78. The monoisotopic (exact) mass is 466 g/mol. The maximum Gasteiger partial charge on any atom is 0.251 e. The number of para-hydroxylation sites is 1. The largest absolute Gasteiger partial charge is 0.493 e. The Hall–Kier alpha value is -2.45. The molecule has 1 aliphatic heterocycles. The Labute approximate surface area is 188 Å². The van der Waals surface area contributed by atoms with Gasteiger partial charge in [-0.1, -0.05) is 43.6 Å². The van der Waals surface area contributed by atoms with E-state index in [-0.39, 0.29) is 22.9 Å². The molecule has 3 rings (SSSR count). The van der Waals surface area contributed by atoms with E-state index in [1.165, 1.54) is 23.5 Å². The van der Waals surface area contributed by atoms with Crippen molar-refractivity contribution in [3.05, 3.63) is 52.5 Å². The van der Waals surface area contributed by atoms with E-state index in [1.807, 2.05) is 32.0 Å². The molecule has 0 fully saturated rings. The molecular weight excluding hydrogens is 440 g/mol. The standard InChI is InChI=1S/C22H27ClN2O5S/c1-15(2)14-30-21-18(23)12-17(13-20(21)29-3)22(26)24-9-11-31(27,28)25-10-8-16-6-4-5-7-19(16)25/h4-7,12-13,15H,8-11,14H2,1-3H3,(H,24,26). The first-order chi connectivity index (χ1) is 14.7. The van der Waals surface area contributed by atoms with Crippen LogP contribution in [0.5, 0.6) is 11.5 Å². The van der Waals surface area contributed by atoms with E-state index < -0.39 is 15.9 Å². The van der Waals surface area contributed by atoms with Crippen LogP contribution in [-0.4, -0.2) is 46.9 Å². The van der Waals surface area contributed by atoms with Crippen molar-refractivity contribution in [3.63, 3.8) is 0 Å². The SMILES string of the molecule is COc1cc(C(=O)NCCS(=O)(=O)N2CCc3ccccc32)cc(Cl)c1OCC(C)C. The molecule has 0 atom stereocenters. The molecule has 168 valence electrons. The summed E-state index contributed by atoms with van der Waals surface area (Å²) in [5, 5.41) is 2.91. The first kappa shape index (κ1) is 23.2. The third-order valence-corrected chi connectivity index (χ3v) is 6.93. The number of anilines is 1. The lowest BCUT2D eigenvalue weighted by atomic mass is 10.2. The van der Waals surface area contributed by atoms with Gasteiger partial charge in [-0.15, -0.1) is 0 Å². The van der Waals surface area contributed by atoms with Crippen molar-refractivity contribution >= 4 is 33.2 Å². The number of carbonyl (C=O) groups excluding carboxylic acids is 1. The number of sulfonamides is 1. The van der Waals surface area contributed by atoms with Gasteiger partial charge in [0, 0.05) is 18.7 Å². The molecule has 0 unspecified atom stereocenters. The lowest BCUT2D eigenvalue weighted by Gasteiger charge is -2.19. The molecule has 2 aromatic rings. The van der Waals surface area contributed by atoms with Crippen LogP contribution in [0.2, 0.25) is 5.02 Å². The first-order valence-corrected chi connectivity index (χ1v) is 12.1. The zero-order valence-corrected chi connectivity index (χ0v) is 19.4. The van der Waals surface area contributed by atoms with Crippen LogP contribution in [0.4, 0.5) is 5.69 Å². The zero-order chi connectivity index (χ0) is 22.6. The van der Waals surface area contributed by atoms with Gasteiger partial charge in [0.15, 0.2) is 11.5 Å². The highest BCUT2D eigenvalue weighted by molar-refractivity contribution is 7.92. The fraction of sp³-hybridized carbons (Fsp3) is 0.409. The second-order valence-electron chi connectivity index (χ2n) is 7.72. The summed E-state index contributed by atoms with van der Waals surface area (Å²) in [5.41, 5.74) is 1.99. The van der Waals surface area contributed by atoms with Crippen molar-refractivity contribution in [3.8, 4) is 11.5 Å². The molecule has 1 amide bonds. The van der Waals surface area contributed by atoms with Gasteiger partial charge in [-0.05, 0) is 36.1 Å². The van der Waals surface area contributed by atoms with E-state index in [1.54, 1.807) is 6.07 Å². The minimum atomic E-state index is -3.55. The molecular formula is C22H27ClN2O5S. The number of ether oxygens (including phenoxy) is 2. The molecule has 0 bridgehead atoms. The van der Waals surface area contributed by atoms with Gasteiger partial charge in [0.1, 0.15) is 0 Å². The first-order valence-electron chi connectivity index (χ1n) is 10.1. The summed E-state index contributed by atoms with van der Waals surface area (Å²) in [5.74, 6) is 0.387. The number of benzene rings is 2. The van der Waals surface area contributed by atoms with Gasteiger partial charge in [-0.3, -0.25) is 9.10 Å². The van der Waals surface area contributed by atoms with Crippen molar-refractivity contribution in [1.29, 1.82) is 0 Å². The van der Waals surface area contributed by atoms with Crippen molar-refractivity contribution in [2.75, 3.05) is 36.9 Å². The van der Waals surface area contributed by atoms with Gasteiger partial charge in [-0.25, -0.2) is 8.42 Å². The van der Waals surface area contributed by atoms with E-state index in [9.17, 15) is 13.2 Å². The lowest BCUT2D eigenvalue weighted by molar-refractivity contribution is 0.0955. The summed E-state index contributed by atoms with van der Waals surface area (Å²) < 4.78 is 37.9. The smallest absolute Gasteiger partial charge is 0.251 e. The normalized spacial score (nSPS) is 13.3. The van der Waals surface area contributed by atoms with Gasteiger partial charge >= 0.3 is 0 Å². The third kappa shape index (κ3) is 5.43. The highest BCUT2D eigenvalue weighted by atomic mass is 35.5. The molecule has 0 radical (unpaired) electrons. The number of halogens is 1. The van der Waals surface area contributed by atoms with Gasteiger partial charge < -0.3 is 14.8 Å². The Balaban J connectivity index is 1.64. The van der Waals surface area contributed by atoms with Gasteiger partial charge in [0.25, 0.3) is 5.91 Å². The summed E-state index contributed by atoms with van der Waals surface area (Å²) in [6.07, 6.45) is 0.686. The number of hydrogen-bond donors (Lipinski definition) is 1. The number of fused-ring (bicyclic) bond motifs is 1. The molecule has 0 spiro atoms.